The predicted octanol–water partition coefficient (Wildman–Crippen LogP) is 4.88. The standard InChI is InChI=1S/C26H33N5O3S2/c1-6-31-24(22(13-14-35-5)28-25(33)19-8-10-20(34-4)11-9-19)29-30-26(31)36-16-23(32)27-21-12-7-17(2)15-18(21)3/h7-12,15,22H,6,13-14,16H2,1-5H3,(H,27,32)(H,28,33)/t22-/m1/s1. The Bertz CT molecular complexity index is 1180. The molecule has 8 nitrogen and oxygen atoms in total. The van der Waals surface area contributed by atoms with Crippen LogP contribution in [0.5, 0.6) is 5.75 Å². The highest BCUT2D eigenvalue weighted by Crippen LogP contribution is 2.25. The highest BCUT2D eigenvalue weighted by Gasteiger charge is 2.23. The lowest BCUT2D eigenvalue weighted by atomic mass is 10.1. The minimum absolute atomic E-state index is 0.106. The summed E-state index contributed by atoms with van der Waals surface area (Å²) in [6, 6.07) is 12.6. The highest BCUT2D eigenvalue weighted by molar-refractivity contribution is 7.99. The fourth-order valence-corrected chi connectivity index (χ4v) is 5.00. The molecule has 2 N–H and O–H groups in total. The summed E-state index contributed by atoms with van der Waals surface area (Å²) in [7, 11) is 1.59. The van der Waals surface area contributed by atoms with E-state index in [2.05, 4.69) is 20.8 Å². The van der Waals surface area contributed by atoms with E-state index in [9.17, 15) is 9.59 Å². The first-order valence-corrected chi connectivity index (χ1v) is 14.1. The molecule has 3 aromatic rings. The number of ether oxygens (including phenoxy) is 1. The molecule has 0 aliphatic carbocycles. The third-order valence-electron chi connectivity index (χ3n) is 5.63. The Hall–Kier alpha value is -2.98. The lowest BCUT2D eigenvalue weighted by Crippen LogP contribution is -2.31. The number of hydrogen-bond acceptors (Lipinski definition) is 7. The van der Waals surface area contributed by atoms with Crippen molar-refractivity contribution in [2.75, 3.05) is 30.2 Å². The van der Waals surface area contributed by atoms with E-state index in [0.717, 1.165) is 22.6 Å². The Balaban J connectivity index is 1.71. The van der Waals surface area contributed by atoms with Crippen LogP contribution in [0.2, 0.25) is 0 Å². The van der Waals surface area contributed by atoms with Gasteiger partial charge in [0.15, 0.2) is 11.0 Å². The van der Waals surface area contributed by atoms with Crippen molar-refractivity contribution in [3.05, 3.63) is 65.0 Å². The fraction of sp³-hybridized carbons (Fsp3) is 0.385. The summed E-state index contributed by atoms with van der Waals surface area (Å²) in [6.07, 6.45) is 2.74. The lowest BCUT2D eigenvalue weighted by molar-refractivity contribution is -0.113. The molecule has 1 aromatic heterocycles. The largest absolute Gasteiger partial charge is 0.497 e. The Labute approximate surface area is 221 Å². The van der Waals surface area contributed by atoms with Gasteiger partial charge in [-0.15, -0.1) is 10.2 Å². The van der Waals surface area contributed by atoms with Crippen LogP contribution in [-0.2, 0) is 11.3 Å². The number of methoxy groups -OCH3 is 1. The van der Waals surface area contributed by atoms with Gasteiger partial charge in [0.1, 0.15) is 5.75 Å². The van der Waals surface area contributed by atoms with E-state index in [1.54, 1.807) is 43.1 Å². The Morgan fingerprint density at radius 3 is 2.50 bits per heavy atom. The summed E-state index contributed by atoms with van der Waals surface area (Å²) < 4.78 is 7.15. The van der Waals surface area contributed by atoms with E-state index in [0.29, 0.717) is 35.3 Å². The molecule has 0 unspecified atom stereocenters. The van der Waals surface area contributed by atoms with Gasteiger partial charge in [0.05, 0.1) is 18.9 Å². The van der Waals surface area contributed by atoms with Crippen LogP contribution >= 0.6 is 23.5 Å². The van der Waals surface area contributed by atoms with Gasteiger partial charge in [0, 0.05) is 17.8 Å². The van der Waals surface area contributed by atoms with Crippen molar-refractivity contribution in [3.63, 3.8) is 0 Å². The van der Waals surface area contributed by atoms with Gasteiger partial charge in [-0.05, 0) is 75.1 Å². The number of carbonyl (C=O) groups excluding carboxylic acids is 2. The Morgan fingerprint density at radius 1 is 1.11 bits per heavy atom. The van der Waals surface area contributed by atoms with Crippen molar-refractivity contribution in [2.45, 2.75) is 44.9 Å². The SMILES string of the molecule is CCn1c(SCC(=O)Nc2ccc(C)cc2C)nnc1[C@@H](CCSC)NC(=O)c1ccc(OC)cc1. The zero-order valence-electron chi connectivity index (χ0n) is 21.3. The second-order valence-corrected chi connectivity index (χ2v) is 10.2. The molecular weight excluding hydrogens is 494 g/mol. The third-order valence-corrected chi connectivity index (χ3v) is 7.24. The normalized spacial score (nSPS) is 11.7. The maximum atomic E-state index is 13.0. The zero-order chi connectivity index (χ0) is 26.1. The number of hydrogen-bond donors (Lipinski definition) is 2. The van der Waals surface area contributed by atoms with Crippen molar-refractivity contribution in [2.24, 2.45) is 0 Å². The van der Waals surface area contributed by atoms with E-state index < -0.39 is 0 Å². The van der Waals surface area contributed by atoms with Gasteiger partial charge in [0.2, 0.25) is 5.91 Å². The van der Waals surface area contributed by atoms with Crippen LogP contribution in [0.25, 0.3) is 0 Å². The average Bonchev–Trinajstić information content (AvgIpc) is 3.29. The van der Waals surface area contributed by atoms with Crippen LogP contribution in [0, 0.1) is 13.8 Å². The van der Waals surface area contributed by atoms with E-state index in [1.807, 2.05) is 49.8 Å². The van der Waals surface area contributed by atoms with Gasteiger partial charge in [0.25, 0.3) is 5.91 Å². The molecule has 0 aliphatic rings. The number of thioether (sulfide) groups is 2. The first kappa shape index (κ1) is 27.6. The zero-order valence-corrected chi connectivity index (χ0v) is 23.0. The number of amides is 2. The van der Waals surface area contributed by atoms with Crippen molar-refractivity contribution in [1.29, 1.82) is 0 Å². The fourth-order valence-electron chi connectivity index (χ4n) is 3.72. The molecule has 0 saturated carbocycles. The monoisotopic (exact) mass is 527 g/mol. The second kappa shape index (κ2) is 13.4. The number of nitrogens with zero attached hydrogens (tertiary/aromatic N) is 3. The number of aromatic nitrogens is 3. The lowest BCUT2D eigenvalue weighted by Gasteiger charge is -2.19. The summed E-state index contributed by atoms with van der Waals surface area (Å²) in [6.45, 7) is 6.63. The Morgan fingerprint density at radius 2 is 1.86 bits per heavy atom. The van der Waals surface area contributed by atoms with Gasteiger partial charge in [-0.2, -0.15) is 11.8 Å². The quantitative estimate of drug-likeness (QED) is 0.324. The topological polar surface area (TPSA) is 98.1 Å². The molecule has 0 saturated heterocycles. The maximum Gasteiger partial charge on any atom is 0.251 e. The first-order chi connectivity index (χ1) is 17.4. The van der Waals surface area contributed by atoms with E-state index in [4.69, 9.17) is 4.74 Å². The molecular formula is C26H33N5O3S2. The van der Waals surface area contributed by atoms with Crippen LogP contribution in [-0.4, -0.2) is 51.5 Å². The van der Waals surface area contributed by atoms with Crippen molar-refractivity contribution in [3.8, 4) is 5.75 Å². The van der Waals surface area contributed by atoms with Gasteiger partial charge in [-0.1, -0.05) is 29.5 Å². The number of anilines is 1. The number of benzene rings is 2. The number of aryl methyl sites for hydroxylation is 2. The predicted molar refractivity (Wildman–Crippen MR) is 147 cm³/mol. The molecule has 0 radical (unpaired) electrons. The summed E-state index contributed by atoms with van der Waals surface area (Å²) in [4.78, 5) is 25.6. The van der Waals surface area contributed by atoms with E-state index in [1.165, 1.54) is 11.8 Å². The molecule has 0 bridgehead atoms. The van der Waals surface area contributed by atoms with Crippen LogP contribution in [0.3, 0.4) is 0 Å². The van der Waals surface area contributed by atoms with E-state index in [-0.39, 0.29) is 23.6 Å². The van der Waals surface area contributed by atoms with Crippen LogP contribution < -0.4 is 15.4 Å². The van der Waals surface area contributed by atoms with Gasteiger partial charge in [-0.25, -0.2) is 0 Å². The molecule has 0 aliphatic heterocycles. The average molecular weight is 528 g/mol. The summed E-state index contributed by atoms with van der Waals surface area (Å²) in [5.41, 5.74) is 3.53. The molecule has 192 valence electrons. The van der Waals surface area contributed by atoms with Gasteiger partial charge >= 0.3 is 0 Å². The summed E-state index contributed by atoms with van der Waals surface area (Å²) in [5.74, 6) is 2.15. The molecule has 2 amide bonds. The van der Waals surface area contributed by atoms with Crippen LogP contribution in [0.15, 0.2) is 47.6 Å². The number of rotatable bonds is 12. The summed E-state index contributed by atoms with van der Waals surface area (Å²) >= 11 is 3.04. The minimum Gasteiger partial charge on any atom is -0.497 e. The maximum absolute atomic E-state index is 13.0. The second-order valence-electron chi connectivity index (χ2n) is 8.28. The molecule has 0 fully saturated rings. The van der Waals surface area contributed by atoms with E-state index >= 15 is 0 Å². The Kier molecular flexibility index (Phi) is 10.2. The molecule has 10 heteroatoms. The van der Waals surface area contributed by atoms with Gasteiger partial charge < -0.3 is 19.9 Å². The minimum atomic E-state index is -0.308. The summed E-state index contributed by atoms with van der Waals surface area (Å²) in [5, 5.41) is 15.5. The molecule has 1 atom stereocenters. The highest BCUT2D eigenvalue weighted by atomic mass is 32.2. The molecule has 1 heterocycles. The molecule has 2 aromatic carbocycles. The number of carbonyl (C=O) groups is 2. The van der Waals surface area contributed by atoms with Crippen molar-refractivity contribution < 1.29 is 14.3 Å². The smallest absolute Gasteiger partial charge is 0.251 e. The molecule has 36 heavy (non-hydrogen) atoms. The third kappa shape index (κ3) is 7.27. The first-order valence-electron chi connectivity index (χ1n) is 11.7. The number of nitrogens with one attached hydrogen (secondary N) is 2. The van der Waals surface area contributed by atoms with Gasteiger partial charge in [-0.3, -0.25) is 9.59 Å². The van der Waals surface area contributed by atoms with Crippen LogP contribution in [0.4, 0.5) is 5.69 Å². The molecule has 3 rings (SSSR count). The van der Waals surface area contributed by atoms with Crippen molar-refractivity contribution in [1.82, 2.24) is 20.1 Å². The van der Waals surface area contributed by atoms with Crippen molar-refractivity contribution >= 4 is 41.0 Å². The molecule has 0 spiro atoms. The van der Waals surface area contributed by atoms with Crippen LogP contribution in [0.1, 0.15) is 46.7 Å².